The minimum atomic E-state index is 0.0491. The molecule has 0 aliphatic carbocycles. The second kappa shape index (κ2) is 4.37. The lowest BCUT2D eigenvalue weighted by molar-refractivity contribution is -0.0158. The van der Waals surface area contributed by atoms with Crippen LogP contribution >= 0.6 is 0 Å². The molecule has 0 amide bonds. The van der Waals surface area contributed by atoms with Crippen LogP contribution in [0.25, 0.3) is 0 Å². The third-order valence-electron chi connectivity index (χ3n) is 3.21. The van der Waals surface area contributed by atoms with Gasteiger partial charge in [0, 0.05) is 0 Å². The van der Waals surface area contributed by atoms with Crippen molar-refractivity contribution in [1.82, 2.24) is 4.90 Å². The van der Waals surface area contributed by atoms with Gasteiger partial charge in [-0.05, 0) is 25.7 Å². The van der Waals surface area contributed by atoms with E-state index in [0.717, 1.165) is 24.5 Å². The smallest absolute Gasteiger partial charge is 0.137 e. The van der Waals surface area contributed by atoms with E-state index in [9.17, 15) is 0 Å². The van der Waals surface area contributed by atoms with Crippen molar-refractivity contribution in [3.05, 3.63) is 12.4 Å². The van der Waals surface area contributed by atoms with Crippen molar-refractivity contribution in [2.45, 2.75) is 45.9 Å². The lowest BCUT2D eigenvalue weighted by atomic mass is 10.0. The molecule has 3 atom stereocenters. The molecule has 0 aromatic rings. The van der Waals surface area contributed by atoms with Crippen molar-refractivity contribution in [1.29, 1.82) is 0 Å². The van der Waals surface area contributed by atoms with Gasteiger partial charge in [0.25, 0.3) is 0 Å². The minimum Gasteiger partial charge on any atom is -0.354 e. The van der Waals surface area contributed by atoms with Crippen LogP contribution in [0.4, 0.5) is 0 Å². The van der Waals surface area contributed by atoms with E-state index in [1.807, 2.05) is 11.8 Å². The number of rotatable bonds is 2. The van der Waals surface area contributed by atoms with Gasteiger partial charge < -0.3 is 4.74 Å². The first-order valence-electron chi connectivity index (χ1n) is 5.84. The molecule has 2 aliphatic heterocycles. The Kier molecular flexibility index (Phi) is 3.10. The molecule has 0 aromatic heterocycles. The fraction of sp³-hybridized carbons (Fsp3) is 0.667. The molecule has 0 saturated carbocycles. The van der Waals surface area contributed by atoms with Gasteiger partial charge in [-0.1, -0.05) is 20.4 Å². The van der Waals surface area contributed by atoms with Crippen molar-refractivity contribution in [2.24, 2.45) is 15.9 Å². The number of ether oxygens (including phenoxy) is 1. The molecular weight excluding hydrogens is 202 g/mol. The third kappa shape index (κ3) is 2.02. The molecule has 4 nitrogen and oxygen atoms in total. The maximum atomic E-state index is 5.97. The average molecular weight is 221 g/mol. The van der Waals surface area contributed by atoms with Gasteiger partial charge in [0.1, 0.15) is 24.2 Å². The molecule has 0 spiro atoms. The molecule has 4 heteroatoms. The summed E-state index contributed by atoms with van der Waals surface area (Å²) in [5.41, 5.74) is 0. The molecule has 1 saturated heterocycles. The van der Waals surface area contributed by atoms with E-state index in [1.165, 1.54) is 0 Å². The summed E-state index contributed by atoms with van der Waals surface area (Å²) in [5.74, 6) is 2.06. The van der Waals surface area contributed by atoms with Crippen molar-refractivity contribution in [3.63, 3.8) is 0 Å². The van der Waals surface area contributed by atoms with Gasteiger partial charge in [-0.2, -0.15) is 0 Å². The first-order valence-corrected chi connectivity index (χ1v) is 5.84. The molecule has 88 valence electrons. The molecule has 0 bridgehead atoms. The summed E-state index contributed by atoms with van der Waals surface area (Å²) in [6.45, 7) is 10.2. The molecule has 1 unspecified atom stereocenters. The molecule has 0 N–H and O–H groups in total. The van der Waals surface area contributed by atoms with Crippen LogP contribution in [-0.4, -0.2) is 29.4 Å². The minimum absolute atomic E-state index is 0.0491. The summed E-state index contributed by atoms with van der Waals surface area (Å²) in [6.07, 6.45) is 4.24. The molecule has 1 fully saturated rings. The first kappa shape index (κ1) is 11.3. The summed E-state index contributed by atoms with van der Waals surface area (Å²) in [4.78, 5) is 10.4. The molecule has 2 heterocycles. The van der Waals surface area contributed by atoms with E-state index < -0.39 is 0 Å². The van der Waals surface area contributed by atoms with Gasteiger partial charge >= 0.3 is 0 Å². The Bertz CT molecular complexity index is 348. The van der Waals surface area contributed by atoms with Crippen molar-refractivity contribution >= 4 is 12.2 Å². The highest BCUT2D eigenvalue weighted by Gasteiger charge is 2.35. The number of hydrogen-bond donors (Lipinski definition) is 0. The zero-order valence-corrected chi connectivity index (χ0v) is 10.2. The SMILES string of the molecule is C=C1N=C(C)N=CN1[C@H]1CC(C)[C@@H](CC)O1. The number of nitrogens with zero attached hydrogens (tertiary/aromatic N) is 3. The van der Waals surface area contributed by atoms with Crippen LogP contribution in [0.1, 0.15) is 33.6 Å². The zero-order chi connectivity index (χ0) is 11.7. The van der Waals surface area contributed by atoms with Crippen molar-refractivity contribution < 1.29 is 4.74 Å². The highest BCUT2D eigenvalue weighted by Crippen LogP contribution is 2.31. The van der Waals surface area contributed by atoms with Crippen LogP contribution in [0.2, 0.25) is 0 Å². The fourth-order valence-electron chi connectivity index (χ4n) is 2.27. The second-order valence-electron chi connectivity index (χ2n) is 4.48. The van der Waals surface area contributed by atoms with Crippen LogP contribution in [-0.2, 0) is 4.74 Å². The lowest BCUT2D eigenvalue weighted by Gasteiger charge is -2.27. The average Bonchev–Trinajstić information content (AvgIpc) is 2.59. The summed E-state index contributed by atoms with van der Waals surface area (Å²) in [5, 5.41) is 0. The third-order valence-corrected chi connectivity index (χ3v) is 3.21. The van der Waals surface area contributed by atoms with Crippen molar-refractivity contribution in [2.75, 3.05) is 0 Å². The summed E-state index contributed by atoms with van der Waals surface area (Å²) in [7, 11) is 0. The molecule has 2 aliphatic rings. The number of aliphatic imine (C=N–C) groups is 2. The van der Waals surface area contributed by atoms with E-state index >= 15 is 0 Å². The monoisotopic (exact) mass is 221 g/mol. The zero-order valence-electron chi connectivity index (χ0n) is 10.2. The highest BCUT2D eigenvalue weighted by atomic mass is 16.5. The summed E-state index contributed by atoms with van der Waals surface area (Å²) in [6, 6.07) is 0. The summed E-state index contributed by atoms with van der Waals surface area (Å²) < 4.78 is 5.97. The van der Waals surface area contributed by atoms with E-state index in [0.29, 0.717) is 12.0 Å². The number of amidine groups is 1. The summed E-state index contributed by atoms with van der Waals surface area (Å²) >= 11 is 0. The molecule has 0 aromatic carbocycles. The normalized spacial score (nSPS) is 34.4. The Morgan fingerprint density at radius 2 is 2.38 bits per heavy atom. The van der Waals surface area contributed by atoms with Crippen LogP contribution < -0.4 is 0 Å². The van der Waals surface area contributed by atoms with Gasteiger partial charge in [0.15, 0.2) is 0 Å². The van der Waals surface area contributed by atoms with Crippen molar-refractivity contribution in [3.8, 4) is 0 Å². The van der Waals surface area contributed by atoms with Crippen LogP contribution in [0, 0.1) is 5.92 Å². The second-order valence-corrected chi connectivity index (χ2v) is 4.48. The van der Waals surface area contributed by atoms with Crippen LogP contribution in [0.5, 0.6) is 0 Å². The molecule has 2 rings (SSSR count). The van der Waals surface area contributed by atoms with Gasteiger partial charge in [0.2, 0.25) is 0 Å². The predicted molar refractivity (Wildman–Crippen MR) is 65.3 cm³/mol. The van der Waals surface area contributed by atoms with E-state index in [-0.39, 0.29) is 6.23 Å². The maximum absolute atomic E-state index is 5.97. The standard InChI is InChI=1S/C12H19N3O/c1-5-11-8(2)6-12(16-11)15-7-13-9(3)14-10(15)4/h7-8,11-12H,4-6H2,1-3H3/t8?,11-,12-/m1/s1. The van der Waals surface area contributed by atoms with E-state index in [2.05, 4.69) is 30.4 Å². The van der Waals surface area contributed by atoms with Gasteiger partial charge in [-0.3, -0.25) is 4.90 Å². The van der Waals surface area contributed by atoms with E-state index in [1.54, 1.807) is 6.34 Å². The van der Waals surface area contributed by atoms with E-state index in [4.69, 9.17) is 4.74 Å². The Morgan fingerprint density at radius 3 is 2.94 bits per heavy atom. The lowest BCUT2D eigenvalue weighted by Crippen LogP contribution is -2.34. The Morgan fingerprint density at radius 1 is 1.62 bits per heavy atom. The Balaban J connectivity index is 2.06. The van der Waals surface area contributed by atoms with Gasteiger partial charge in [-0.25, -0.2) is 9.98 Å². The molecule has 16 heavy (non-hydrogen) atoms. The first-order chi connectivity index (χ1) is 7.61. The number of hydrogen-bond acceptors (Lipinski definition) is 4. The quantitative estimate of drug-likeness (QED) is 0.718. The fourth-order valence-corrected chi connectivity index (χ4v) is 2.27. The Hall–Kier alpha value is -1.16. The maximum Gasteiger partial charge on any atom is 0.137 e. The largest absolute Gasteiger partial charge is 0.354 e. The van der Waals surface area contributed by atoms with Gasteiger partial charge in [-0.15, -0.1) is 0 Å². The van der Waals surface area contributed by atoms with Crippen LogP contribution in [0.15, 0.2) is 22.4 Å². The van der Waals surface area contributed by atoms with Crippen LogP contribution in [0.3, 0.4) is 0 Å². The topological polar surface area (TPSA) is 37.2 Å². The van der Waals surface area contributed by atoms with Gasteiger partial charge in [0.05, 0.1) is 6.10 Å². The Labute approximate surface area is 96.7 Å². The highest BCUT2D eigenvalue weighted by molar-refractivity contribution is 5.90. The molecule has 0 radical (unpaired) electrons. The predicted octanol–water partition coefficient (Wildman–Crippen LogP) is 2.38. The molecular formula is C12H19N3O.